The van der Waals surface area contributed by atoms with E-state index in [1.807, 2.05) is 20.0 Å². The van der Waals surface area contributed by atoms with Gasteiger partial charge in [-0.3, -0.25) is 4.98 Å². The highest BCUT2D eigenvalue weighted by Crippen LogP contribution is 2.24. The lowest BCUT2D eigenvalue weighted by atomic mass is 9.96. The normalized spacial score (nSPS) is 15.8. The molecule has 0 saturated carbocycles. The first-order valence-electron chi connectivity index (χ1n) is 9.63. The van der Waals surface area contributed by atoms with E-state index < -0.39 is 0 Å². The molecule has 1 saturated heterocycles. The smallest absolute Gasteiger partial charge is 0.194 e. The van der Waals surface area contributed by atoms with Gasteiger partial charge >= 0.3 is 0 Å². The summed E-state index contributed by atoms with van der Waals surface area (Å²) in [5, 5.41) is 3.39. The van der Waals surface area contributed by atoms with Gasteiger partial charge in [0.2, 0.25) is 0 Å². The fourth-order valence-corrected chi connectivity index (χ4v) is 3.37. The third-order valence-corrected chi connectivity index (χ3v) is 5.04. The van der Waals surface area contributed by atoms with Crippen molar-refractivity contribution in [3.8, 4) is 5.75 Å². The van der Waals surface area contributed by atoms with Gasteiger partial charge in [-0.05, 0) is 46.0 Å². The molecule has 0 aromatic carbocycles. The van der Waals surface area contributed by atoms with Crippen molar-refractivity contribution < 1.29 is 9.47 Å². The Kier molecular flexibility index (Phi) is 8.16. The van der Waals surface area contributed by atoms with E-state index in [0.29, 0.717) is 6.54 Å². The van der Waals surface area contributed by atoms with Crippen molar-refractivity contribution in [2.45, 2.75) is 46.6 Å². The predicted octanol–water partition coefficient (Wildman–Crippen LogP) is 2.92. The summed E-state index contributed by atoms with van der Waals surface area (Å²) >= 11 is 0. The maximum absolute atomic E-state index is 5.50. The van der Waals surface area contributed by atoms with Crippen LogP contribution in [0.3, 0.4) is 0 Å². The second kappa shape index (κ2) is 10.4. The van der Waals surface area contributed by atoms with Crippen LogP contribution in [0.2, 0.25) is 0 Å². The minimum Gasteiger partial charge on any atom is -0.496 e. The summed E-state index contributed by atoms with van der Waals surface area (Å²) in [6, 6.07) is 0. The molecule has 1 aromatic rings. The average Bonchev–Trinajstić information content (AvgIpc) is 2.65. The number of aryl methyl sites for hydroxylation is 1. The lowest BCUT2D eigenvalue weighted by Gasteiger charge is -2.27. The van der Waals surface area contributed by atoms with Gasteiger partial charge in [0, 0.05) is 50.7 Å². The highest BCUT2D eigenvalue weighted by Gasteiger charge is 2.16. The standard InChI is InChI=1S/C20H34N4O2/c1-6-21-20(24(4)10-7-17-8-11-26-12-9-17)23-14-18-16(3)19(25-5)15(2)13-22-18/h13,17H,6-12,14H2,1-5H3,(H,21,23). The molecule has 6 heteroatoms. The maximum Gasteiger partial charge on any atom is 0.194 e. The monoisotopic (exact) mass is 362 g/mol. The van der Waals surface area contributed by atoms with E-state index in [2.05, 4.69) is 29.2 Å². The van der Waals surface area contributed by atoms with E-state index in [9.17, 15) is 0 Å². The zero-order chi connectivity index (χ0) is 18.9. The van der Waals surface area contributed by atoms with Gasteiger partial charge in [0.05, 0.1) is 19.3 Å². The van der Waals surface area contributed by atoms with E-state index in [1.54, 1.807) is 7.11 Å². The zero-order valence-electron chi connectivity index (χ0n) is 17.0. The molecule has 6 nitrogen and oxygen atoms in total. The first-order chi connectivity index (χ1) is 12.6. The van der Waals surface area contributed by atoms with Crippen LogP contribution in [0.5, 0.6) is 5.75 Å². The molecule has 2 heterocycles. The van der Waals surface area contributed by atoms with E-state index in [4.69, 9.17) is 14.5 Å². The Labute approximate surface area is 158 Å². The maximum atomic E-state index is 5.50. The third-order valence-electron chi connectivity index (χ3n) is 5.04. The predicted molar refractivity (Wildman–Crippen MR) is 106 cm³/mol. The molecular formula is C20H34N4O2. The molecule has 146 valence electrons. The quantitative estimate of drug-likeness (QED) is 0.597. The fraction of sp³-hybridized carbons (Fsp3) is 0.700. The first-order valence-corrected chi connectivity index (χ1v) is 9.63. The summed E-state index contributed by atoms with van der Waals surface area (Å²) in [6.45, 7) is 10.4. The number of pyridine rings is 1. The number of ether oxygens (including phenoxy) is 2. The van der Waals surface area contributed by atoms with E-state index >= 15 is 0 Å². The topological polar surface area (TPSA) is 59.0 Å². The molecule has 0 spiro atoms. The van der Waals surface area contributed by atoms with Crippen molar-refractivity contribution in [2.24, 2.45) is 10.9 Å². The van der Waals surface area contributed by atoms with Crippen LogP contribution in [0.15, 0.2) is 11.2 Å². The van der Waals surface area contributed by atoms with E-state index in [0.717, 1.165) is 60.8 Å². The number of nitrogens with zero attached hydrogens (tertiary/aromatic N) is 3. The van der Waals surface area contributed by atoms with Crippen molar-refractivity contribution in [2.75, 3.05) is 40.5 Å². The van der Waals surface area contributed by atoms with E-state index in [1.165, 1.54) is 19.3 Å². The highest BCUT2D eigenvalue weighted by molar-refractivity contribution is 5.79. The first kappa shape index (κ1) is 20.5. The molecule has 1 fully saturated rings. The summed E-state index contributed by atoms with van der Waals surface area (Å²) in [6.07, 6.45) is 5.39. The number of hydrogen-bond acceptors (Lipinski definition) is 4. The molecule has 0 radical (unpaired) electrons. The average molecular weight is 363 g/mol. The van der Waals surface area contributed by atoms with Crippen LogP contribution >= 0.6 is 0 Å². The van der Waals surface area contributed by atoms with Gasteiger partial charge in [-0.1, -0.05) is 0 Å². The minimum absolute atomic E-state index is 0.548. The molecule has 0 amide bonds. The molecule has 1 N–H and O–H groups in total. The zero-order valence-corrected chi connectivity index (χ0v) is 17.0. The lowest BCUT2D eigenvalue weighted by molar-refractivity contribution is 0.0625. The van der Waals surface area contributed by atoms with Gasteiger partial charge in [-0.2, -0.15) is 0 Å². The lowest BCUT2D eigenvalue weighted by Crippen LogP contribution is -2.40. The Hall–Kier alpha value is -1.82. The SMILES string of the molecule is CCNC(=NCc1ncc(C)c(OC)c1C)N(C)CCC1CCOCC1. The van der Waals surface area contributed by atoms with Crippen molar-refractivity contribution >= 4 is 5.96 Å². The van der Waals surface area contributed by atoms with Gasteiger partial charge < -0.3 is 19.7 Å². The molecule has 1 aliphatic rings. The Morgan fingerprint density at radius 3 is 2.77 bits per heavy atom. The van der Waals surface area contributed by atoms with Gasteiger partial charge in [0.1, 0.15) is 5.75 Å². The van der Waals surface area contributed by atoms with Crippen LogP contribution in [0.25, 0.3) is 0 Å². The van der Waals surface area contributed by atoms with Crippen LogP contribution in [0.1, 0.15) is 43.0 Å². The summed E-state index contributed by atoms with van der Waals surface area (Å²) < 4.78 is 11.0. The second-order valence-corrected chi connectivity index (χ2v) is 6.98. The molecule has 0 bridgehead atoms. The molecule has 0 aliphatic carbocycles. The molecular weight excluding hydrogens is 328 g/mol. The van der Waals surface area contributed by atoms with Crippen molar-refractivity contribution in [3.05, 3.63) is 23.0 Å². The van der Waals surface area contributed by atoms with Crippen molar-refractivity contribution in [1.82, 2.24) is 15.2 Å². The number of guanidine groups is 1. The van der Waals surface area contributed by atoms with Crippen molar-refractivity contribution in [1.29, 1.82) is 0 Å². The number of methoxy groups -OCH3 is 1. The Balaban J connectivity index is 2.01. The third kappa shape index (κ3) is 5.59. The van der Waals surface area contributed by atoms with Crippen LogP contribution in [-0.2, 0) is 11.3 Å². The molecule has 1 aliphatic heterocycles. The van der Waals surface area contributed by atoms with Crippen LogP contribution < -0.4 is 10.1 Å². The molecule has 0 unspecified atom stereocenters. The van der Waals surface area contributed by atoms with Crippen LogP contribution in [0.4, 0.5) is 0 Å². The minimum atomic E-state index is 0.548. The van der Waals surface area contributed by atoms with Gasteiger partial charge in [0.15, 0.2) is 5.96 Å². The van der Waals surface area contributed by atoms with Crippen LogP contribution in [0, 0.1) is 19.8 Å². The highest BCUT2D eigenvalue weighted by atomic mass is 16.5. The number of aromatic nitrogens is 1. The Bertz CT molecular complexity index is 598. The second-order valence-electron chi connectivity index (χ2n) is 6.98. The fourth-order valence-electron chi connectivity index (χ4n) is 3.37. The number of rotatable bonds is 7. The molecule has 26 heavy (non-hydrogen) atoms. The van der Waals surface area contributed by atoms with E-state index in [-0.39, 0.29) is 0 Å². The van der Waals surface area contributed by atoms with Gasteiger partial charge in [0.25, 0.3) is 0 Å². The summed E-state index contributed by atoms with van der Waals surface area (Å²) in [5.41, 5.74) is 3.08. The molecule has 0 atom stereocenters. The number of aliphatic imine (C=N–C) groups is 1. The number of hydrogen-bond donors (Lipinski definition) is 1. The summed E-state index contributed by atoms with van der Waals surface area (Å²) in [7, 11) is 3.81. The Morgan fingerprint density at radius 2 is 2.12 bits per heavy atom. The van der Waals surface area contributed by atoms with Gasteiger partial charge in [-0.15, -0.1) is 0 Å². The molecule has 2 rings (SSSR count). The van der Waals surface area contributed by atoms with Crippen molar-refractivity contribution in [3.63, 3.8) is 0 Å². The van der Waals surface area contributed by atoms with Gasteiger partial charge in [-0.25, -0.2) is 4.99 Å². The largest absolute Gasteiger partial charge is 0.496 e. The summed E-state index contributed by atoms with van der Waals surface area (Å²) in [4.78, 5) is 11.6. The summed E-state index contributed by atoms with van der Waals surface area (Å²) in [5.74, 6) is 2.60. The Morgan fingerprint density at radius 1 is 1.38 bits per heavy atom. The van der Waals surface area contributed by atoms with Crippen LogP contribution in [-0.4, -0.2) is 56.3 Å². The number of nitrogens with one attached hydrogen (secondary N) is 1. The molecule has 1 aromatic heterocycles.